The number of halogens is 1. The summed E-state index contributed by atoms with van der Waals surface area (Å²) >= 11 is 5.80. The van der Waals surface area contributed by atoms with Gasteiger partial charge in [0, 0.05) is 32.8 Å². The van der Waals surface area contributed by atoms with Gasteiger partial charge in [-0.3, -0.25) is 20.4 Å². The molecule has 0 spiro atoms. The van der Waals surface area contributed by atoms with E-state index >= 15 is 0 Å². The zero-order valence-corrected chi connectivity index (χ0v) is 30.2. The molecule has 20 nitrogen and oxygen atoms in total. The molecule has 2 saturated heterocycles. The lowest BCUT2D eigenvalue weighted by molar-refractivity contribution is -0.135. The molecule has 1 aromatic heterocycles. The van der Waals surface area contributed by atoms with Crippen molar-refractivity contribution >= 4 is 35.1 Å². The number of carbonyl (C=O) groups is 1. The van der Waals surface area contributed by atoms with Gasteiger partial charge in [-0.15, -0.1) is 0 Å². The molecule has 1 amide bonds. The van der Waals surface area contributed by atoms with Crippen molar-refractivity contribution in [3.05, 3.63) is 10.8 Å². The molecule has 0 saturated carbocycles. The van der Waals surface area contributed by atoms with E-state index in [0.29, 0.717) is 13.2 Å². The summed E-state index contributed by atoms with van der Waals surface area (Å²) < 4.78 is 27.1. The summed E-state index contributed by atoms with van der Waals surface area (Å²) in [6, 6.07) is 0. The van der Waals surface area contributed by atoms with Crippen molar-refractivity contribution in [2.45, 2.75) is 107 Å². The van der Waals surface area contributed by atoms with Crippen LogP contribution < -0.4 is 22.1 Å². The Kier molecular flexibility index (Phi) is 18.5. The Labute approximate surface area is 307 Å². The average molecular weight is 767 g/mol. The van der Waals surface area contributed by atoms with Gasteiger partial charge in [0.2, 0.25) is 0 Å². The van der Waals surface area contributed by atoms with Gasteiger partial charge in [0.1, 0.15) is 36.6 Å². The lowest BCUT2D eigenvalue weighted by Crippen LogP contribution is -2.53. The van der Waals surface area contributed by atoms with Crippen LogP contribution in [0, 0.1) is 5.41 Å². The van der Waals surface area contributed by atoms with Crippen LogP contribution in [0.25, 0.3) is 0 Å². The molecule has 10 atom stereocenters. The fourth-order valence-electron chi connectivity index (χ4n) is 5.56. The fraction of sp³-hybridized carbons (Fsp3) is 0.806. The average Bonchev–Trinajstić information content (AvgIpc) is 3.74. The van der Waals surface area contributed by atoms with E-state index in [1.807, 2.05) is 0 Å². The Morgan fingerprint density at radius 2 is 1.42 bits per heavy atom. The molecular weight excluding hydrogens is 712 g/mol. The molecule has 0 aliphatic carbocycles. The van der Waals surface area contributed by atoms with Crippen molar-refractivity contribution in [2.24, 2.45) is 0 Å². The third-order valence-corrected chi connectivity index (χ3v) is 8.82. The van der Waals surface area contributed by atoms with Crippen molar-refractivity contribution < 1.29 is 59.1 Å². The van der Waals surface area contributed by atoms with Crippen LogP contribution in [0.4, 0.5) is 11.6 Å². The molecule has 0 unspecified atom stereocenters. The summed E-state index contributed by atoms with van der Waals surface area (Å²) in [5, 5.41) is 76.8. The number of amides is 1. The normalized spacial score (nSPS) is 24.0. The van der Waals surface area contributed by atoms with Gasteiger partial charge in [-0.05, 0) is 26.7 Å². The van der Waals surface area contributed by atoms with Gasteiger partial charge < -0.3 is 71.1 Å². The van der Waals surface area contributed by atoms with Crippen LogP contribution in [-0.4, -0.2) is 171 Å². The number of rotatable bonds is 22. The lowest BCUT2D eigenvalue weighted by atomic mass is 10.0. The van der Waals surface area contributed by atoms with Gasteiger partial charge >= 0.3 is 0 Å². The highest BCUT2D eigenvalue weighted by atomic mass is 35.5. The number of nitrogen functional groups attached to an aromatic ring is 2. The molecule has 0 bridgehead atoms. The first kappa shape index (κ1) is 43.8. The summed E-state index contributed by atoms with van der Waals surface area (Å²) in [6.07, 6.45) is -7.61. The Morgan fingerprint density at radius 1 is 0.885 bits per heavy atom. The van der Waals surface area contributed by atoms with Gasteiger partial charge in [-0.25, -0.2) is 9.97 Å². The second-order valence-corrected chi connectivity index (χ2v) is 13.1. The highest BCUT2D eigenvalue weighted by Gasteiger charge is 2.39. The van der Waals surface area contributed by atoms with Crippen LogP contribution in [0.5, 0.6) is 0 Å². The minimum Gasteiger partial charge on any atom is -0.389 e. The molecule has 0 aromatic carbocycles. The van der Waals surface area contributed by atoms with Crippen LogP contribution >= 0.6 is 11.6 Å². The Bertz CT molecular complexity index is 1220. The van der Waals surface area contributed by atoms with Crippen molar-refractivity contribution in [3.63, 3.8) is 0 Å². The first-order valence-electron chi connectivity index (χ1n) is 17.3. The number of unbranched alkanes of at least 4 members (excludes halogenated alkanes) is 4. The number of hydrogen-bond acceptors (Lipinski definition) is 18. The smallest absolute Gasteiger partial charge is 0.280 e. The van der Waals surface area contributed by atoms with Crippen LogP contribution in [0.1, 0.15) is 56.4 Å². The van der Waals surface area contributed by atoms with Gasteiger partial charge in [0.15, 0.2) is 41.0 Å². The number of aliphatic hydroxyl groups excluding tert-OH is 6. The number of nitrogens with two attached hydrogens (primary N) is 2. The van der Waals surface area contributed by atoms with Gasteiger partial charge in [-0.2, -0.15) is 0 Å². The minimum absolute atomic E-state index is 0.0499. The van der Waals surface area contributed by atoms with E-state index in [0.717, 1.165) is 32.1 Å². The lowest BCUT2D eigenvalue weighted by Gasteiger charge is -2.33. The van der Waals surface area contributed by atoms with E-state index < -0.39 is 67.3 Å². The first-order valence-corrected chi connectivity index (χ1v) is 17.7. The van der Waals surface area contributed by atoms with Crippen LogP contribution in [0.15, 0.2) is 0 Å². The SMILES string of the molecule is C[C@@H]1OC[C@H]([C@@H](O)[C@H](O)[C@@H](O)CN(CCOCCCCCCCNC(=N)NC(=O)c2nc(Cl)c(N)nc2N)C[C@H](O)[C@@H](O)[C@H](O)[C@H]2CO[C@@H](C)O2)O1. The second kappa shape index (κ2) is 22.0. The number of nitrogens with one attached hydrogen (secondary N) is 3. The van der Waals surface area contributed by atoms with Gasteiger partial charge in [0.25, 0.3) is 5.91 Å². The van der Waals surface area contributed by atoms with E-state index in [9.17, 15) is 35.4 Å². The summed E-state index contributed by atoms with van der Waals surface area (Å²) in [5.74, 6) is -1.28. The quantitative estimate of drug-likeness (QED) is 0.0330. The largest absolute Gasteiger partial charge is 0.389 e. The van der Waals surface area contributed by atoms with Crippen LogP contribution in [0.2, 0.25) is 5.15 Å². The third-order valence-electron chi connectivity index (χ3n) is 8.54. The Balaban J connectivity index is 1.35. The molecule has 2 aliphatic rings. The van der Waals surface area contributed by atoms with E-state index in [1.165, 1.54) is 0 Å². The van der Waals surface area contributed by atoms with E-state index in [4.69, 9.17) is 52.2 Å². The molecule has 298 valence electrons. The first-order chi connectivity index (χ1) is 24.7. The predicted octanol–water partition coefficient (Wildman–Crippen LogP) is -2.49. The Hall–Kier alpha value is -2.57. The molecule has 13 N–H and O–H groups in total. The van der Waals surface area contributed by atoms with Crippen LogP contribution in [-0.2, 0) is 23.7 Å². The molecule has 1 aromatic rings. The number of hydrogen-bond donors (Lipinski definition) is 11. The van der Waals surface area contributed by atoms with E-state index in [1.54, 1.807) is 18.7 Å². The fourth-order valence-corrected chi connectivity index (χ4v) is 5.69. The summed E-state index contributed by atoms with van der Waals surface area (Å²) in [7, 11) is 0. The van der Waals surface area contributed by atoms with Crippen molar-refractivity contribution in [1.29, 1.82) is 5.41 Å². The maximum atomic E-state index is 12.3. The van der Waals surface area contributed by atoms with E-state index in [-0.39, 0.29) is 67.9 Å². The van der Waals surface area contributed by atoms with Gasteiger partial charge in [-0.1, -0.05) is 30.9 Å². The molecule has 2 aliphatic heterocycles. The minimum atomic E-state index is -1.59. The highest BCUT2D eigenvalue weighted by molar-refractivity contribution is 6.31. The molecule has 0 radical (unpaired) electrons. The summed E-state index contributed by atoms with van der Waals surface area (Å²) in [5.41, 5.74) is 10.9. The number of aromatic nitrogens is 2. The maximum Gasteiger partial charge on any atom is 0.280 e. The summed E-state index contributed by atoms with van der Waals surface area (Å²) in [6.45, 7) is 4.28. The Morgan fingerprint density at radius 3 is 1.96 bits per heavy atom. The number of anilines is 2. The van der Waals surface area contributed by atoms with E-state index in [2.05, 4.69) is 20.6 Å². The summed E-state index contributed by atoms with van der Waals surface area (Å²) in [4.78, 5) is 21.4. The topological polar surface area (TPSA) is 314 Å². The predicted molar refractivity (Wildman–Crippen MR) is 186 cm³/mol. The zero-order chi connectivity index (χ0) is 38.4. The molecular formula is C31H55ClN8O12. The maximum absolute atomic E-state index is 12.3. The number of ether oxygens (including phenoxy) is 5. The number of nitrogens with zero attached hydrogens (tertiary/aromatic N) is 3. The highest BCUT2D eigenvalue weighted by Crippen LogP contribution is 2.20. The molecule has 52 heavy (non-hydrogen) atoms. The third kappa shape index (κ3) is 14.0. The molecule has 3 rings (SSSR count). The molecule has 3 heterocycles. The number of aliphatic hydroxyl groups is 6. The monoisotopic (exact) mass is 766 g/mol. The van der Waals surface area contributed by atoms with Gasteiger partial charge in [0.05, 0.1) is 32.0 Å². The van der Waals surface area contributed by atoms with Crippen molar-refractivity contribution in [2.75, 3.05) is 64.1 Å². The van der Waals surface area contributed by atoms with Crippen molar-refractivity contribution in [1.82, 2.24) is 25.5 Å². The second-order valence-electron chi connectivity index (χ2n) is 12.8. The molecule has 21 heteroatoms. The zero-order valence-electron chi connectivity index (χ0n) is 29.5. The number of guanidine groups is 1. The molecule has 2 fully saturated rings. The van der Waals surface area contributed by atoms with Crippen LogP contribution in [0.3, 0.4) is 0 Å². The van der Waals surface area contributed by atoms with Crippen molar-refractivity contribution in [3.8, 4) is 0 Å². The number of carbonyl (C=O) groups excluding carboxylic acids is 1. The standard InChI is InChI=1S/C31H55ClN8O12/c1-16-49-14-20(51-16)25(45)23(43)18(41)12-40(13-19(42)24(44)26(46)21-15-50-17(2)52-21)9-11-48-10-7-5-3-4-6-8-36-31(35)39-30(47)22-28(33)38-29(34)27(32)37-22/h16-21,23-26,41-46H,3-15H2,1-2H3,(H4,33,34,38)(H3,35,36,39,47)/t16-,17-,18+,19+,20-,21-,23-,24-,25-,26-/m1/s1.